The summed E-state index contributed by atoms with van der Waals surface area (Å²) in [6.07, 6.45) is 1.53. The molecule has 0 radical (unpaired) electrons. The lowest BCUT2D eigenvalue weighted by atomic mass is 10.1. The normalized spacial score (nSPS) is 14.9. The summed E-state index contributed by atoms with van der Waals surface area (Å²) in [5, 5.41) is 0.0240. The van der Waals surface area contributed by atoms with Crippen molar-refractivity contribution in [1.29, 1.82) is 0 Å². The van der Waals surface area contributed by atoms with Crippen LogP contribution in [0, 0.1) is 0 Å². The minimum absolute atomic E-state index is 0.166. The Balaban J connectivity index is 1.89. The summed E-state index contributed by atoms with van der Waals surface area (Å²) in [6.45, 7) is -0.253. The van der Waals surface area contributed by atoms with Crippen LogP contribution in [0.5, 0.6) is 11.5 Å². The second-order valence-corrected chi connectivity index (χ2v) is 7.50. The van der Waals surface area contributed by atoms with Gasteiger partial charge in [-0.2, -0.15) is 0 Å². The van der Waals surface area contributed by atoms with Crippen LogP contribution in [0.1, 0.15) is 11.1 Å². The number of hydrogen-bond acceptors (Lipinski definition) is 7. The fraction of sp³-hybridized carbons (Fsp3) is 0.190. The van der Waals surface area contributed by atoms with Crippen LogP contribution >= 0.6 is 23.4 Å². The van der Waals surface area contributed by atoms with Crippen LogP contribution in [0.25, 0.3) is 6.08 Å². The number of hydrogen-bond donors (Lipinski definition) is 0. The van der Waals surface area contributed by atoms with Crippen LogP contribution in [0.4, 0.5) is 4.79 Å². The van der Waals surface area contributed by atoms with Crippen molar-refractivity contribution in [1.82, 2.24) is 4.90 Å². The molecule has 0 aliphatic carbocycles. The lowest BCUT2D eigenvalue weighted by Gasteiger charge is -2.14. The van der Waals surface area contributed by atoms with Gasteiger partial charge in [0.2, 0.25) is 0 Å². The third-order valence-corrected chi connectivity index (χ3v) is 5.51. The van der Waals surface area contributed by atoms with Crippen molar-refractivity contribution in [2.75, 3.05) is 20.8 Å². The Morgan fingerprint density at radius 2 is 1.90 bits per heavy atom. The highest BCUT2D eigenvalue weighted by molar-refractivity contribution is 8.18. The van der Waals surface area contributed by atoms with E-state index < -0.39 is 23.7 Å². The van der Waals surface area contributed by atoms with Crippen molar-refractivity contribution in [2.45, 2.75) is 6.61 Å². The van der Waals surface area contributed by atoms with Gasteiger partial charge in [0.15, 0.2) is 11.5 Å². The van der Waals surface area contributed by atoms with Gasteiger partial charge in [-0.25, -0.2) is 0 Å². The van der Waals surface area contributed by atoms with Crippen LogP contribution in [-0.4, -0.2) is 42.8 Å². The van der Waals surface area contributed by atoms with E-state index in [0.29, 0.717) is 22.1 Å². The first kappa shape index (κ1) is 21.7. The first-order valence-corrected chi connectivity index (χ1v) is 9.99. The van der Waals surface area contributed by atoms with Gasteiger partial charge >= 0.3 is 5.97 Å². The number of carbonyl (C=O) groups is 3. The van der Waals surface area contributed by atoms with Crippen molar-refractivity contribution in [2.24, 2.45) is 0 Å². The minimum Gasteiger partial charge on any atom is -0.493 e. The number of ether oxygens (including phenoxy) is 3. The van der Waals surface area contributed by atoms with Crippen LogP contribution in [0.15, 0.2) is 47.4 Å². The number of imide groups is 1. The molecule has 0 atom stereocenters. The number of amides is 2. The molecule has 0 saturated carbocycles. The fourth-order valence-corrected chi connectivity index (χ4v) is 3.72. The Labute approximate surface area is 182 Å². The first-order valence-electron chi connectivity index (χ1n) is 8.80. The summed E-state index contributed by atoms with van der Waals surface area (Å²) in [5.74, 6) is -0.386. The lowest BCUT2D eigenvalue weighted by molar-refractivity contribution is -0.143. The summed E-state index contributed by atoms with van der Waals surface area (Å²) >= 11 is 6.94. The summed E-state index contributed by atoms with van der Waals surface area (Å²) in [5.41, 5.74) is 1.33. The maximum absolute atomic E-state index is 12.6. The molecule has 0 aromatic heterocycles. The van der Waals surface area contributed by atoms with Gasteiger partial charge in [0.25, 0.3) is 11.1 Å². The number of nitrogens with zero attached hydrogens (tertiary/aromatic N) is 1. The second-order valence-electron chi connectivity index (χ2n) is 6.10. The molecule has 9 heteroatoms. The lowest BCUT2D eigenvalue weighted by Crippen LogP contribution is -2.34. The van der Waals surface area contributed by atoms with E-state index >= 15 is 0 Å². The number of halogens is 1. The maximum atomic E-state index is 12.6. The molecule has 2 aromatic rings. The average Bonchev–Trinajstić information content (AvgIpc) is 3.00. The van der Waals surface area contributed by atoms with Gasteiger partial charge in [0.1, 0.15) is 13.2 Å². The molecule has 0 N–H and O–H groups in total. The van der Waals surface area contributed by atoms with Crippen molar-refractivity contribution >= 4 is 46.6 Å². The number of methoxy groups -OCH3 is 2. The second kappa shape index (κ2) is 9.69. The summed E-state index contributed by atoms with van der Waals surface area (Å²) in [4.78, 5) is 37.2. The van der Waals surface area contributed by atoms with Crippen LogP contribution in [0.3, 0.4) is 0 Å². The number of para-hydroxylation sites is 1. The third kappa shape index (κ3) is 4.77. The zero-order valence-corrected chi connectivity index (χ0v) is 17.8. The van der Waals surface area contributed by atoms with E-state index in [2.05, 4.69) is 4.74 Å². The Kier molecular flexibility index (Phi) is 7.02. The SMILES string of the molecule is COC(=O)CN1C(=O)S/C(=C\c2cccc(OC)c2OCc2ccccc2Cl)C1=O. The van der Waals surface area contributed by atoms with E-state index in [1.54, 1.807) is 24.3 Å². The molecule has 0 unspecified atom stereocenters. The highest BCUT2D eigenvalue weighted by Gasteiger charge is 2.36. The van der Waals surface area contributed by atoms with E-state index in [1.165, 1.54) is 20.3 Å². The van der Waals surface area contributed by atoms with E-state index in [0.717, 1.165) is 22.2 Å². The van der Waals surface area contributed by atoms with E-state index in [4.69, 9.17) is 21.1 Å². The molecule has 30 heavy (non-hydrogen) atoms. The van der Waals surface area contributed by atoms with Gasteiger partial charge in [-0.1, -0.05) is 41.9 Å². The fourth-order valence-electron chi connectivity index (χ4n) is 2.70. The molecule has 2 amide bonds. The predicted octanol–water partition coefficient (Wildman–Crippen LogP) is 4.14. The number of esters is 1. The number of rotatable bonds is 7. The van der Waals surface area contributed by atoms with Gasteiger partial charge in [-0.3, -0.25) is 19.3 Å². The van der Waals surface area contributed by atoms with Gasteiger partial charge in [0.05, 0.1) is 19.1 Å². The Bertz CT molecular complexity index is 1020. The number of thioether (sulfide) groups is 1. The molecule has 0 bridgehead atoms. The summed E-state index contributed by atoms with van der Waals surface area (Å²) in [6, 6.07) is 12.5. The zero-order valence-electron chi connectivity index (χ0n) is 16.2. The molecule has 7 nitrogen and oxygen atoms in total. The Morgan fingerprint density at radius 1 is 1.13 bits per heavy atom. The molecule has 1 aliphatic heterocycles. The number of carbonyl (C=O) groups excluding carboxylic acids is 3. The van der Waals surface area contributed by atoms with Crippen molar-refractivity contribution < 1.29 is 28.6 Å². The van der Waals surface area contributed by atoms with Crippen LogP contribution in [0.2, 0.25) is 5.02 Å². The van der Waals surface area contributed by atoms with Gasteiger partial charge in [0, 0.05) is 16.1 Å². The molecule has 0 spiro atoms. The molecule has 1 aliphatic rings. The summed E-state index contributed by atoms with van der Waals surface area (Å²) < 4.78 is 15.9. The molecule has 156 valence electrons. The Morgan fingerprint density at radius 3 is 2.60 bits per heavy atom. The maximum Gasteiger partial charge on any atom is 0.325 e. The molecule has 1 saturated heterocycles. The quantitative estimate of drug-likeness (QED) is 0.466. The molecular formula is C21H18ClNO6S. The van der Waals surface area contributed by atoms with Crippen molar-refractivity contribution in [3.8, 4) is 11.5 Å². The van der Waals surface area contributed by atoms with Crippen LogP contribution in [-0.2, 0) is 20.9 Å². The largest absolute Gasteiger partial charge is 0.493 e. The molecular weight excluding hydrogens is 430 g/mol. The minimum atomic E-state index is -0.677. The highest BCUT2D eigenvalue weighted by atomic mass is 35.5. The topological polar surface area (TPSA) is 82.1 Å². The first-order chi connectivity index (χ1) is 14.4. The molecule has 2 aromatic carbocycles. The third-order valence-electron chi connectivity index (χ3n) is 4.23. The predicted molar refractivity (Wildman–Crippen MR) is 113 cm³/mol. The Hall–Kier alpha value is -2.97. The van der Waals surface area contributed by atoms with E-state index in [-0.39, 0.29) is 11.5 Å². The van der Waals surface area contributed by atoms with Gasteiger partial charge in [-0.05, 0) is 30.0 Å². The van der Waals surface area contributed by atoms with E-state index in [1.807, 2.05) is 18.2 Å². The smallest absolute Gasteiger partial charge is 0.325 e. The molecule has 3 rings (SSSR count). The number of benzene rings is 2. The summed E-state index contributed by atoms with van der Waals surface area (Å²) in [7, 11) is 2.70. The van der Waals surface area contributed by atoms with Crippen molar-refractivity contribution in [3.05, 3.63) is 63.5 Å². The van der Waals surface area contributed by atoms with E-state index in [9.17, 15) is 14.4 Å². The van der Waals surface area contributed by atoms with Crippen LogP contribution < -0.4 is 9.47 Å². The van der Waals surface area contributed by atoms with Crippen molar-refractivity contribution in [3.63, 3.8) is 0 Å². The van der Waals surface area contributed by atoms with Gasteiger partial charge < -0.3 is 14.2 Å². The monoisotopic (exact) mass is 447 g/mol. The van der Waals surface area contributed by atoms with Gasteiger partial charge in [-0.15, -0.1) is 0 Å². The molecule has 1 fully saturated rings. The zero-order chi connectivity index (χ0) is 21.7. The average molecular weight is 448 g/mol. The highest BCUT2D eigenvalue weighted by Crippen LogP contribution is 2.38. The molecule has 1 heterocycles. The standard InChI is InChI=1S/C21H18ClNO6S/c1-27-16-9-5-7-13(19(16)29-12-14-6-3-4-8-15(14)22)10-17-20(25)23(21(26)30-17)11-18(24)28-2/h3-10H,11-12H2,1-2H3/b17-10-.